The largest absolute Gasteiger partial charge is 0.486 e. The smallest absolute Gasteiger partial charge is 0.170 e. The first-order valence-corrected chi connectivity index (χ1v) is 8.83. The Hall–Kier alpha value is -2.43. The topological polar surface area (TPSA) is 55.3 Å². The minimum Gasteiger partial charge on any atom is -0.486 e. The van der Waals surface area contributed by atoms with E-state index in [9.17, 15) is 4.79 Å². The van der Waals surface area contributed by atoms with Crippen molar-refractivity contribution in [2.24, 2.45) is 0 Å². The van der Waals surface area contributed by atoms with Crippen LogP contribution in [-0.2, 0) is 0 Å². The predicted octanol–water partition coefficient (Wildman–Crippen LogP) is 3.41. The number of hydrogen-bond donors (Lipinski definition) is 0. The summed E-state index contributed by atoms with van der Waals surface area (Å²) in [7, 11) is 0. The Kier molecular flexibility index (Phi) is 3.74. The van der Waals surface area contributed by atoms with Gasteiger partial charge in [-0.1, -0.05) is 6.07 Å². The van der Waals surface area contributed by atoms with Crippen LogP contribution in [0.4, 0.5) is 5.82 Å². The maximum absolute atomic E-state index is 12.8. The van der Waals surface area contributed by atoms with Gasteiger partial charge in [-0.2, -0.15) is 0 Å². The minimum atomic E-state index is -0.372. The van der Waals surface area contributed by atoms with E-state index in [1.54, 1.807) is 6.33 Å². The quantitative estimate of drug-likeness (QED) is 0.798. The molecule has 0 N–H and O–H groups in total. The van der Waals surface area contributed by atoms with Gasteiger partial charge in [-0.3, -0.25) is 4.79 Å². The van der Waals surface area contributed by atoms with Crippen molar-refractivity contribution in [3.05, 3.63) is 46.9 Å². The minimum absolute atomic E-state index is 0.213. The van der Waals surface area contributed by atoms with E-state index in [-0.39, 0.29) is 11.4 Å². The van der Waals surface area contributed by atoms with Gasteiger partial charge in [0.25, 0.3) is 0 Å². The number of fused-ring (bicyclic) bond motifs is 1. The van der Waals surface area contributed by atoms with E-state index >= 15 is 0 Å². The summed E-state index contributed by atoms with van der Waals surface area (Å²) in [5.41, 5.74) is 3.51. The number of benzene rings is 1. The normalized spacial score (nSPS) is 18.8. The molecule has 130 valence electrons. The Morgan fingerprint density at radius 3 is 2.56 bits per heavy atom. The number of piperidine rings is 1. The molecule has 3 heterocycles. The van der Waals surface area contributed by atoms with E-state index in [0.717, 1.165) is 59.9 Å². The highest BCUT2D eigenvalue weighted by atomic mass is 16.5. The van der Waals surface area contributed by atoms with Crippen LogP contribution in [0.5, 0.6) is 5.75 Å². The highest BCUT2D eigenvalue weighted by Crippen LogP contribution is 2.41. The summed E-state index contributed by atoms with van der Waals surface area (Å²) in [5.74, 6) is 1.93. The first-order valence-electron chi connectivity index (χ1n) is 8.83. The van der Waals surface area contributed by atoms with Gasteiger partial charge in [0, 0.05) is 37.7 Å². The predicted molar refractivity (Wildman–Crippen MR) is 96.4 cm³/mol. The van der Waals surface area contributed by atoms with Crippen molar-refractivity contribution in [2.75, 3.05) is 18.0 Å². The molecule has 0 aliphatic carbocycles. The summed E-state index contributed by atoms with van der Waals surface area (Å²) in [5, 5.41) is 0. The number of anilines is 1. The van der Waals surface area contributed by atoms with Gasteiger partial charge in [0.15, 0.2) is 5.78 Å². The maximum Gasteiger partial charge on any atom is 0.170 e. The Bertz CT molecular complexity index is 839. The van der Waals surface area contributed by atoms with Gasteiger partial charge in [0.1, 0.15) is 23.5 Å². The van der Waals surface area contributed by atoms with Crippen molar-refractivity contribution in [1.82, 2.24) is 9.97 Å². The fourth-order valence-corrected chi connectivity index (χ4v) is 4.05. The first-order chi connectivity index (χ1) is 12.0. The van der Waals surface area contributed by atoms with E-state index < -0.39 is 0 Å². The summed E-state index contributed by atoms with van der Waals surface area (Å²) in [6.07, 6.45) is 3.74. The van der Waals surface area contributed by atoms with E-state index in [2.05, 4.69) is 20.9 Å². The van der Waals surface area contributed by atoms with Crippen molar-refractivity contribution >= 4 is 11.6 Å². The third kappa shape index (κ3) is 2.88. The molecule has 0 radical (unpaired) electrons. The average molecular weight is 337 g/mol. The van der Waals surface area contributed by atoms with Gasteiger partial charge in [0.05, 0.1) is 12.0 Å². The number of hydrogen-bond acceptors (Lipinski definition) is 5. The molecule has 0 saturated carbocycles. The van der Waals surface area contributed by atoms with Crippen LogP contribution in [0.25, 0.3) is 0 Å². The van der Waals surface area contributed by atoms with Gasteiger partial charge in [-0.05, 0) is 38.0 Å². The molecule has 1 aromatic heterocycles. The van der Waals surface area contributed by atoms with Crippen molar-refractivity contribution in [2.45, 2.75) is 45.6 Å². The second-order valence-corrected chi connectivity index (χ2v) is 7.34. The van der Waals surface area contributed by atoms with Crippen molar-refractivity contribution in [3.63, 3.8) is 0 Å². The highest BCUT2D eigenvalue weighted by molar-refractivity contribution is 6.01. The molecule has 2 aromatic rings. The molecule has 25 heavy (non-hydrogen) atoms. The van der Waals surface area contributed by atoms with Gasteiger partial charge in [-0.25, -0.2) is 9.97 Å². The third-order valence-corrected chi connectivity index (χ3v) is 5.32. The summed E-state index contributed by atoms with van der Waals surface area (Å²) in [6.45, 7) is 7.68. The summed E-state index contributed by atoms with van der Waals surface area (Å²) < 4.78 is 6.42. The van der Waals surface area contributed by atoms with Crippen LogP contribution in [0.15, 0.2) is 24.5 Å². The number of ether oxygens (including phenoxy) is 1. The SMILES string of the molecule is Cc1cc(C)c2c(c1)OC1(CCN(c3cc(C)ncn3)CC1)CC2=O. The lowest BCUT2D eigenvalue weighted by Gasteiger charge is -2.44. The Labute approximate surface area is 148 Å². The number of rotatable bonds is 1. The molecule has 0 unspecified atom stereocenters. The third-order valence-electron chi connectivity index (χ3n) is 5.32. The fraction of sp³-hybridized carbons (Fsp3) is 0.450. The molecule has 5 heteroatoms. The van der Waals surface area contributed by atoms with Crippen LogP contribution in [0.2, 0.25) is 0 Å². The number of Topliss-reactive ketones (excluding diaryl/α,β-unsaturated/α-hetero) is 1. The number of carbonyl (C=O) groups is 1. The second-order valence-electron chi connectivity index (χ2n) is 7.34. The van der Waals surface area contributed by atoms with Gasteiger partial charge < -0.3 is 9.64 Å². The molecular formula is C20H23N3O2. The fourth-order valence-electron chi connectivity index (χ4n) is 4.05. The van der Waals surface area contributed by atoms with Crippen LogP contribution in [0.1, 0.15) is 46.4 Å². The Balaban J connectivity index is 1.56. The van der Waals surface area contributed by atoms with Crippen LogP contribution in [0.3, 0.4) is 0 Å². The zero-order valence-electron chi connectivity index (χ0n) is 15.0. The van der Waals surface area contributed by atoms with Gasteiger partial charge in [-0.15, -0.1) is 0 Å². The lowest BCUT2D eigenvalue weighted by molar-refractivity contribution is 0.0229. The molecule has 1 spiro atoms. The van der Waals surface area contributed by atoms with Crippen molar-refractivity contribution in [3.8, 4) is 5.75 Å². The van der Waals surface area contributed by atoms with Crippen LogP contribution in [-0.4, -0.2) is 34.4 Å². The zero-order valence-corrected chi connectivity index (χ0v) is 15.0. The van der Waals surface area contributed by atoms with Crippen molar-refractivity contribution < 1.29 is 9.53 Å². The molecular weight excluding hydrogens is 314 g/mol. The Morgan fingerprint density at radius 1 is 1.08 bits per heavy atom. The van der Waals surface area contributed by atoms with Crippen LogP contribution < -0.4 is 9.64 Å². The maximum atomic E-state index is 12.8. The molecule has 0 atom stereocenters. The van der Waals surface area contributed by atoms with E-state index in [1.807, 2.05) is 32.9 Å². The molecule has 1 fully saturated rings. The number of ketones is 1. The molecule has 0 bridgehead atoms. The monoisotopic (exact) mass is 337 g/mol. The lowest BCUT2D eigenvalue weighted by Crippen LogP contribution is -2.51. The molecule has 1 saturated heterocycles. The zero-order chi connectivity index (χ0) is 17.6. The average Bonchev–Trinajstić information content (AvgIpc) is 2.54. The van der Waals surface area contributed by atoms with Gasteiger partial charge in [0.2, 0.25) is 0 Å². The standard InChI is InChI=1S/C20H23N3O2/c1-13-8-14(2)19-16(24)11-20(25-17(19)9-13)4-6-23(7-5-20)18-10-15(3)21-12-22-18/h8-10,12H,4-7,11H2,1-3H3. The molecule has 5 nitrogen and oxygen atoms in total. The second kappa shape index (κ2) is 5.83. The molecule has 2 aliphatic rings. The van der Waals surface area contributed by atoms with Crippen LogP contribution in [0, 0.1) is 20.8 Å². The highest BCUT2D eigenvalue weighted by Gasteiger charge is 2.43. The molecule has 4 rings (SSSR count). The lowest BCUT2D eigenvalue weighted by atomic mass is 9.81. The van der Waals surface area contributed by atoms with E-state index in [0.29, 0.717) is 6.42 Å². The first kappa shape index (κ1) is 16.1. The molecule has 1 aromatic carbocycles. The molecule has 0 amide bonds. The summed E-state index contributed by atoms with van der Waals surface area (Å²) in [6, 6.07) is 6.06. The number of nitrogens with zero attached hydrogens (tertiary/aromatic N) is 3. The van der Waals surface area contributed by atoms with Gasteiger partial charge >= 0.3 is 0 Å². The van der Waals surface area contributed by atoms with E-state index in [1.165, 1.54) is 0 Å². The number of aryl methyl sites for hydroxylation is 3. The summed E-state index contributed by atoms with van der Waals surface area (Å²) in [4.78, 5) is 23.6. The van der Waals surface area contributed by atoms with Crippen molar-refractivity contribution in [1.29, 1.82) is 0 Å². The molecule has 2 aliphatic heterocycles. The number of carbonyl (C=O) groups excluding carboxylic acids is 1. The summed E-state index contributed by atoms with van der Waals surface area (Å²) >= 11 is 0. The van der Waals surface area contributed by atoms with E-state index in [4.69, 9.17) is 4.74 Å². The number of aromatic nitrogens is 2. The van der Waals surface area contributed by atoms with Crippen LogP contribution >= 0.6 is 0 Å². The Morgan fingerprint density at radius 2 is 1.84 bits per heavy atom.